The van der Waals surface area contributed by atoms with E-state index in [0.717, 1.165) is 17.8 Å². The summed E-state index contributed by atoms with van der Waals surface area (Å²) in [5.74, 6) is 0.186. The van der Waals surface area contributed by atoms with Crippen molar-refractivity contribution in [2.45, 2.75) is 18.2 Å². The molecule has 0 radical (unpaired) electrons. The number of para-hydroxylation sites is 1. The predicted molar refractivity (Wildman–Crippen MR) is 97.9 cm³/mol. The third-order valence-corrected chi connectivity index (χ3v) is 4.86. The normalized spacial score (nSPS) is 11.9. The Kier molecular flexibility index (Phi) is 6.67. The van der Waals surface area contributed by atoms with E-state index in [2.05, 4.69) is 24.7 Å². The van der Waals surface area contributed by atoms with Crippen LogP contribution in [0.4, 0.5) is 24.9 Å². The first-order valence-corrected chi connectivity index (χ1v) is 9.57. The van der Waals surface area contributed by atoms with E-state index in [1.807, 2.05) is 14.1 Å². The number of aryl methyl sites for hydroxylation is 1. The van der Waals surface area contributed by atoms with Crippen molar-refractivity contribution in [1.29, 1.82) is 0 Å². The fourth-order valence-corrected chi connectivity index (χ4v) is 3.34. The summed E-state index contributed by atoms with van der Waals surface area (Å²) >= 11 is 0. The highest BCUT2D eigenvalue weighted by Gasteiger charge is 2.33. The van der Waals surface area contributed by atoms with E-state index in [-0.39, 0.29) is 13.1 Å². The molecule has 0 atom stereocenters. The van der Waals surface area contributed by atoms with Gasteiger partial charge in [-0.25, -0.2) is 18.1 Å². The lowest BCUT2D eigenvalue weighted by Gasteiger charge is -2.15. The van der Waals surface area contributed by atoms with E-state index in [1.54, 1.807) is 17.9 Å². The van der Waals surface area contributed by atoms with Crippen LogP contribution in [0.3, 0.4) is 0 Å². The summed E-state index contributed by atoms with van der Waals surface area (Å²) in [6.07, 6.45) is -5.00. The highest BCUT2D eigenvalue weighted by atomic mass is 32.2. The first-order valence-electron chi connectivity index (χ1n) is 8.09. The molecule has 0 saturated carbocycles. The lowest BCUT2D eigenvalue weighted by Crippen LogP contribution is -2.30. The summed E-state index contributed by atoms with van der Waals surface area (Å²) in [6, 6.07) is 6.30. The van der Waals surface area contributed by atoms with Gasteiger partial charge in [0.1, 0.15) is 16.5 Å². The maximum atomic E-state index is 12.5. The Morgan fingerprint density at radius 2 is 1.82 bits per heavy atom. The minimum Gasteiger partial charge on any atom is -0.404 e. The van der Waals surface area contributed by atoms with Crippen LogP contribution in [0, 0.1) is 6.92 Å². The second-order valence-corrected chi connectivity index (χ2v) is 7.64. The minimum absolute atomic E-state index is 0.0999. The molecule has 0 bridgehead atoms. The number of ether oxygens (including phenoxy) is 1. The third-order valence-electron chi connectivity index (χ3n) is 3.36. The van der Waals surface area contributed by atoms with Gasteiger partial charge in [0, 0.05) is 38.9 Å². The molecule has 1 heterocycles. The Morgan fingerprint density at radius 3 is 2.46 bits per heavy atom. The number of benzene rings is 1. The van der Waals surface area contributed by atoms with Crippen molar-refractivity contribution < 1.29 is 26.3 Å². The molecule has 0 spiro atoms. The minimum atomic E-state index is -5.00. The molecule has 0 aliphatic rings. The number of alkyl halides is 3. The van der Waals surface area contributed by atoms with Crippen LogP contribution in [0.1, 0.15) is 5.69 Å². The number of aromatic nitrogens is 2. The summed E-state index contributed by atoms with van der Waals surface area (Å²) in [5.41, 5.74) is 0.722. The lowest BCUT2D eigenvalue weighted by atomic mass is 10.3. The SMILES string of the molecule is Cc1cc(N(C)C)nc(NCCNS(=O)(=O)c2ccccc2OC(F)(F)F)n1. The van der Waals surface area contributed by atoms with E-state index < -0.39 is 27.0 Å². The molecule has 0 aliphatic heterocycles. The molecule has 0 unspecified atom stereocenters. The maximum absolute atomic E-state index is 12.5. The lowest BCUT2D eigenvalue weighted by molar-refractivity contribution is -0.275. The molecule has 0 fully saturated rings. The molecule has 1 aromatic carbocycles. The molecular formula is C16H20F3N5O3S. The number of anilines is 2. The average molecular weight is 419 g/mol. The van der Waals surface area contributed by atoms with Gasteiger partial charge in [-0.15, -0.1) is 13.2 Å². The fourth-order valence-electron chi connectivity index (χ4n) is 2.18. The number of nitrogens with one attached hydrogen (secondary N) is 2. The number of nitrogens with zero attached hydrogens (tertiary/aromatic N) is 3. The molecular weight excluding hydrogens is 399 g/mol. The quantitative estimate of drug-likeness (QED) is 0.633. The molecule has 2 rings (SSSR count). The van der Waals surface area contributed by atoms with Crippen molar-refractivity contribution in [3.63, 3.8) is 0 Å². The van der Waals surface area contributed by atoms with Crippen LogP contribution in [0.2, 0.25) is 0 Å². The number of rotatable bonds is 8. The zero-order valence-electron chi connectivity index (χ0n) is 15.4. The van der Waals surface area contributed by atoms with Crippen LogP contribution >= 0.6 is 0 Å². The van der Waals surface area contributed by atoms with Crippen molar-refractivity contribution in [3.05, 3.63) is 36.0 Å². The largest absolute Gasteiger partial charge is 0.573 e. The zero-order chi connectivity index (χ0) is 20.9. The first-order chi connectivity index (χ1) is 13.0. The number of sulfonamides is 1. The number of halogens is 3. The molecule has 0 amide bonds. The van der Waals surface area contributed by atoms with Crippen molar-refractivity contribution in [3.8, 4) is 5.75 Å². The monoisotopic (exact) mass is 419 g/mol. The van der Waals surface area contributed by atoms with Crippen molar-refractivity contribution in [2.24, 2.45) is 0 Å². The van der Waals surface area contributed by atoms with Gasteiger partial charge in [0.05, 0.1) is 0 Å². The summed E-state index contributed by atoms with van der Waals surface area (Å²) in [4.78, 5) is 9.64. The van der Waals surface area contributed by atoms with Gasteiger partial charge in [-0.3, -0.25) is 0 Å². The Morgan fingerprint density at radius 1 is 1.14 bits per heavy atom. The first kappa shape index (κ1) is 21.7. The van der Waals surface area contributed by atoms with Gasteiger partial charge >= 0.3 is 6.36 Å². The van der Waals surface area contributed by atoms with Gasteiger partial charge in [-0.1, -0.05) is 12.1 Å². The number of hydrogen-bond donors (Lipinski definition) is 2. The molecule has 28 heavy (non-hydrogen) atoms. The van der Waals surface area contributed by atoms with Crippen LogP contribution in [0.5, 0.6) is 5.75 Å². The molecule has 154 valence electrons. The number of hydrogen-bond acceptors (Lipinski definition) is 7. The molecule has 2 aromatic rings. The third kappa shape index (κ3) is 6.23. The summed E-state index contributed by atoms with van der Waals surface area (Å²) in [5, 5.41) is 2.87. The van der Waals surface area contributed by atoms with Crippen LogP contribution in [-0.2, 0) is 10.0 Å². The van der Waals surface area contributed by atoms with Gasteiger partial charge in [0.15, 0.2) is 0 Å². The highest BCUT2D eigenvalue weighted by molar-refractivity contribution is 7.89. The summed E-state index contributed by atoms with van der Waals surface area (Å²) in [7, 11) is -0.572. The van der Waals surface area contributed by atoms with Crippen molar-refractivity contribution in [1.82, 2.24) is 14.7 Å². The Hall–Kier alpha value is -2.60. The standard InChI is InChI=1S/C16H20F3N5O3S/c1-11-10-14(24(2)3)23-15(22-11)20-8-9-21-28(25,26)13-7-5-4-6-12(13)27-16(17,18)19/h4-7,10,21H,8-9H2,1-3H3,(H,20,22,23). The van der Waals surface area contributed by atoms with Gasteiger partial charge in [-0.2, -0.15) is 4.98 Å². The van der Waals surface area contributed by atoms with Crippen LogP contribution < -0.4 is 19.7 Å². The van der Waals surface area contributed by atoms with E-state index >= 15 is 0 Å². The smallest absolute Gasteiger partial charge is 0.404 e. The Labute approximate surface area is 160 Å². The topological polar surface area (TPSA) is 96.5 Å². The average Bonchev–Trinajstić information content (AvgIpc) is 2.57. The van der Waals surface area contributed by atoms with Crippen LogP contribution in [0.25, 0.3) is 0 Å². The van der Waals surface area contributed by atoms with Gasteiger partial charge in [-0.05, 0) is 19.1 Å². The summed E-state index contributed by atoms with van der Waals surface area (Å²) < 4.78 is 68.0. The second kappa shape index (κ2) is 8.61. The van der Waals surface area contributed by atoms with Crippen LogP contribution in [0.15, 0.2) is 35.2 Å². The fraction of sp³-hybridized carbons (Fsp3) is 0.375. The van der Waals surface area contributed by atoms with Crippen molar-refractivity contribution >= 4 is 21.8 Å². The van der Waals surface area contributed by atoms with E-state index in [4.69, 9.17) is 0 Å². The Bertz CT molecular complexity index is 920. The van der Waals surface area contributed by atoms with Gasteiger partial charge in [0.25, 0.3) is 0 Å². The molecule has 0 aliphatic carbocycles. The van der Waals surface area contributed by atoms with Gasteiger partial charge in [0.2, 0.25) is 16.0 Å². The molecule has 2 N–H and O–H groups in total. The zero-order valence-corrected chi connectivity index (χ0v) is 16.2. The molecule has 12 heteroatoms. The second-order valence-electron chi connectivity index (χ2n) is 5.90. The van der Waals surface area contributed by atoms with Crippen LogP contribution in [-0.4, -0.2) is 51.9 Å². The van der Waals surface area contributed by atoms with E-state index in [9.17, 15) is 21.6 Å². The highest BCUT2D eigenvalue weighted by Crippen LogP contribution is 2.29. The van der Waals surface area contributed by atoms with E-state index in [0.29, 0.717) is 11.8 Å². The summed E-state index contributed by atoms with van der Waals surface area (Å²) in [6.45, 7) is 1.81. The molecule has 0 saturated heterocycles. The van der Waals surface area contributed by atoms with E-state index in [1.165, 1.54) is 12.1 Å². The maximum Gasteiger partial charge on any atom is 0.573 e. The molecule has 1 aromatic heterocycles. The predicted octanol–water partition coefficient (Wildman–Crippen LogP) is 2.14. The molecule has 8 nitrogen and oxygen atoms in total. The Balaban J connectivity index is 2.02. The van der Waals surface area contributed by atoms with Gasteiger partial charge < -0.3 is 15.0 Å². The van der Waals surface area contributed by atoms with Crippen molar-refractivity contribution in [2.75, 3.05) is 37.4 Å².